The van der Waals surface area contributed by atoms with E-state index < -0.39 is 22.9 Å². The number of H-pyrrole nitrogens is 1. The number of thiazole rings is 1. The van der Waals surface area contributed by atoms with E-state index in [1.54, 1.807) is 30.9 Å². The third-order valence-corrected chi connectivity index (χ3v) is 6.76. The number of rotatable bonds is 4. The van der Waals surface area contributed by atoms with Crippen LogP contribution in [0, 0.1) is 12.7 Å². The molecule has 0 spiro atoms. The Balaban J connectivity index is 1.53. The van der Waals surface area contributed by atoms with Gasteiger partial charge < -0.3 is 15.7 Å². The number of hydrogen-bond donors (Lipinski definition) is 3. The number of aromatic nitrogens is 3. The summed E-state index contributed by atoms with van der Waals surface area (Å²) in [6, 6.07) is 5.20. The van der Waals surface area contributed by atoms with Gasteiger partial charge in [0, 0.05) is 28.7 Å². The summed E-state index contributed by atoms with van der Waals surface area (Å²) in [5.41, 5.74) is 4.96. The van der Waals surface area contributed by atoms with Crippen molar-refractivity contribution in [3.05, 3.63) is 67.6 Å². The van der Waals surface area contributed by atoms with Crippen LogP contribution in [0.15, 0.2) is 40.1 Å². The molecule has 3 heterocycles. The molecule has 3 aromatic rings. The van der Waals surface area contributed by atoms with Gasteiger partial charge in [-0.25, -0.2) is 14.2 Å². The summed E-state index contributed by atoms with van der Waals surface area (Å²) in [6.45, 7) is 3.49. The predicted octanol–water partition coefficient (Wildman–Crippen LogP) is 1.46. The van der Waals surface area contributed by atoms with Crippen molar-refractivity contribution in [2.24, 2.45) is 0 Å². The molecule has 33 heavy (non-hydrogen) atoms. The van der Waals surface area contributed by atoms with Crippen molar-refractivity contribution in [1.82, 2.24) is 19.4 Å². The molecule has 1 fully saturated rings. The number of nitrogens with one attached hydrogen (secondary N) is 1. The fraction of sp³-hybridized carbons (Fsp3) is 0.364. The number of likely N-dealkylation sites (tertiary alicyclic amines) is 1. The number of benzene rings is 1. The first-order valence-corrected chi connectivity index (χ1v) is 11.2. The first-order chi connectivity index (χ1) is 15.5. The molecule has 0 unspecified atom stereocenters. The van der Waals surface area contributed by atoms with Crippen molar-refractivity contribution in [3.8, 4) is 11.3 Å². The lowest BCUT2D eigenvalue weighted by atomic mass is 9.88. The number of carbonyl (C=O) groups is 1. The minimum Gasteiger partial charge on any atom is -0.386 e. The zero-order chi connectivity index (χ0) is 23.9. The van der Waals surface area contributed by atoms with Gasteiger partial charge in [0.1, 0.15) is 11.4 Å². The molecular formula is C22H24FN5O4S. The summed E-state index contributed by atoms with van der Waals surface area (Å²) in [4.78, 5) is 45.8. The largest absolute Gasteiger partial charge is 0.386 e. The van der Waals surface area contributed by atoms with Crippen LogP contribution >= 0.6 is 11.3 Å². The Hall–Kier alpha value is -3.31. The Morgan fingerprint density at radius 2 is 2.06 bits per heavy atom. The molecule has 0 radical (unpaired) electrons. The molecule has 1 amide bonds. The Morgan fingerprint density at radius 3 is 2.73 bits per heavy atom. The number of hydrogen-bond acceptors (Lipinski definition) is 7. The van der Waals surface area contributed by atoms with E-state index in [1.165, 1.54) is 34.2 Å². The number of piperidine rings is 1. The number of nitrogens with zero attached hydrogens (tertiary/aromatic N) is 3. The predicted molar refractivity (Wildman–Crippen MR) is 123 cm³/mol. The Morgan fingerprint density at radius 1 is 1.36 bits per heavy atom. The second-order valence-corrected chi connectivity index (χ2v) is 9.58. The molecule has 11 heteroatoms. The van der Waals surface area contributed by atoms with Crippen molar-refractivity contribution in [2.45, 2.75) is 38.3 Å². The highest BCUT2D eigenvalue weighted by Crippen LogP contribution is 2.33. The van der Waals surface area contributed by atoms with Crippen LogP contribution in [-0.2, 0) is 11.2 Å². The zero-order valence-electron chi connectivity index (χ0n) is 18.2. The standard InChI is InChI=1S/C22H24FN5O4S/c1-12-10-28(21(31)26-19(12)30)16-7-8-27(11-22(16,2)32)17(29)9-15-18(25-20(24)33-15)13-3-5-14(23)6-4-13/h3-6,10,16,32H,7-9,11H2,1-2H3,(H2,24,25)(H,26,30,31)/t16-,22-/m0/s1. The molecule has 1 saturated heterocycles. The third kappa shape index (κ3) is 4.60. The highest BCUT2D eigenvalue weighted by molar-refractivity contribution is 7.15. The quantitative estimate of drug-likeness (QED) is 0.525. The third-order valence-electron chi connectivity index (χ3n) is 5.88. The minimum atomic E-state index is -1.39. The molecule has 1 aliphatic rings. The molecule has 0 bridgehead atoms. The summed E-state index contributed by atoms with van der Waals surface area (Å²) in [5.74, 6) is -0.591. The lowest BCUT2D eigenvalue weighted by Crippen LogP contribution is -2.56. The number of aryl methyl sites for hydroxylation is 1. The monoisotopic (exact) mass is 473 g/mol. The van der Waals surface area contributed by atoms with Crippen LogP contribution in [0.2, 0.25) is 0 Å². The van der Waals surface area contributed by atoms with E-state index in [2.05, 4.69) is 9.97 Å². The molecule has 2 aromatic heterocycles. The number of aromatic amines is 1. The second-order valence-electron chi connectivity index (χ2n) is 8.46. The molecule has 2 atom stereocenters. The van der Waals surface area contributed by atoms with Gasteiger partial charge in [0.2, 0.25) is 5.91 Å². The molecule has 4 rings (SSSR count). The van der Waals surface area contributed by atoms with Gasteiger partial charge in [-0.05, 0) is 44.5 Å². The van der Waals surface area contributed by atoms with E-state index in [-0.39, 0.29) is 24.7 Å². The molecule has 0 saturated carbocycles. The summed E-state index contributed by atoms with van der Waals surface area (Å²) in [7, 11) is 0. The fourth-order valence-electron chi connectivity index (χ4n) is 4.20. The number of anilines is 1. The van der Waals surface area contributed by atoms with Gasteiger partial charge in [-0.3, -0.25) is 19.1 Å². The number of β-amino-alcohol motifs (C(OH)–C–C–N with tert-alkyl or cyclic N) is 1. The lowest BCUT2D eigenvalue weighted by molar-refractivity contribution is -0.140. The first kappa shape index (κ1) is 22.9. The maximum Gasteiger partial charge on any atom is 0.328 e. The van der Waals surface area contributed by atoms with E-state index in [0.717, 1.165) is 0 Å². The van der Waals surface area contributed by atoms with E-state index in [9.17, 15) is 23.9 Å². The van der Waals surface area contributed by atoms with Crippen LogP contribution in [0.4, 0.5) is 9.52 Å². The number of nitrogen functional groups attached to an aromatic ring is 1. The lowest BCUT2D eigenvalue weighted by Gasteiger charge is -2.43. The molecule has 1 aromatic carbocycles. The molecule has 9 nitrogen and oxygen atoms in total. The zero-order valence-corrected chi connectivity index (χ0v) is 19.0. The fourth-order valence-corrected chi connectivity index (χ4v) is 5.05. The van der Waals surface area contributed by atoms with Crippen LogP contribution in [0.25, 0.3) is 11.3 Å². The smallest absolute Gasteiger partial charge is 0.328 e. The van der Waals surface area contributed by atoms with Crippen molar-refractivity contribution in [3.63, 3.8) is 0 Å². The maximum absolute atomic E-state index is 13.3. The van der Waals surface area contributed by atoms with Crippen molar-refractivity contribution < 1.29 is 14.3 Å². The SMILES string of the molecule is Cc1cn([C@H]2CCN(C(=O)Cc3sc(N)nc3-c3ccc(F)cc3)C[C@]2(C)O)c(=O)[nH]c1=O. The highest BCUT2D eigenvalue weighted by Gasteiger charge is 2.41. The topological polar surface area (TPSA) is 134 Å². The number of carbonyl (C=O) groups excluding carboxylic acids is 1. The summed E-state index contributed by atoms with van der Waals surface area (Å²) < 4.78 is 14.6. The Labute approximate surface area is 192 Å². The average molecular weight is 474 g/mol. The van der Waals surface area contributed by atoms with Gasteiger partial charge in [0.15, 0.2) is 5.13 Å². The molecule has 0 aliphatic carbocycles. The van der Waals surface area contributed by atoms with Gasteiger partial charge in [-0.15, -0.1) is 11.3 Å². The van der Waals surface area contributed by atoms with E-state index >= 15 is 0 Å². The van der Waals surface area contributed by atoms with Gasteiger partial charge >= 0.3 is 5.69 Å². The van der Waals surface area contributed by atoms with Gasteiger partial charge in [-0.2, -0.15) is 0 Å². The number of aliphatic hydroxyl groups is 1. The Bertz CT molecular complexity index is 1310. The summed E-state index contributed by atoms with van der Waals surface area (Å²) >= 11 is 1.19. The molecule has 1 aliphatic heterocycles. The van der Waals surface area contributed by atoms with Crippen LogP contribution in [0.3, 0.4) is 0 Å². The second kappa shape index (κ2) is 8.56. The van der Waals surface area contributed by atoms with Crippen molar-refractivity contribution in [1.29, 1.82) is 0 Å². The first-order valence-electron chi connectivity index (χ1n) is 10.4. The summed E-state index contributed by atoms with van der Waals surface area (Å²) in [6.07, 6.45) is 1.80. The number of halogens is 1. The maximum atomic E-state index is 13.3. The molecule has 4 N–H and O–H groups in total. The van der Waals surface area contributed by atoms with E-state index in [1.807, 2.05) is 0 Å². The summed E-state index contributed by atoms with van der Waals surface area (Å²) in [5, 5.41) is 11.4. The van der Waals surface area contributed by atoms with Crippen molar-refractivity contribution >= 4 is 22.4 Å². The van der Waals surface area contributed by atoms with Crippen LogP contribution in [-0.4, -0.2) is 49.1 Å². The van der Waals surface area contributed by atoms with Crippen molar-refractivity contribution in [2.75, 3.05) is 18.8 Å². The Kier molecular flexibility index (Phi) is 5.93. The number of nitrogens with two attached hydrogens (primary N) is 1. The normalized spacial score (nSPS) is 20.7. The van der Waals surface area contributed by atoms with Crippen LogP contribution < -0.4 is 17.0 Å². The molecular weight excluding hydrogens is 449 g/mol. The minimum absolute atomic E-state index is 0.0152. The van der Waals surface area contributed by atoms with Gasteiger partial charge in [-0.1, -0.05) is 0 Å². The molecule has 174 valence electrons. The van der Waals surface area contributed by atoms with E-state index in [0.29, 0.717) is 39.8 Å². The van der Waals surface area contributed by atoms with E-state index in [4.69, 9.17) is 5.73 Å². The average Bonchev–Trinajstić information content (AvgIpc) is 3.11. The van der Waals surface area contributed by atoms with Crippen LogP contribution in [0.1, 0.15) is 29.8 Å². The van der Waals surface area contributed by atoms with Gasteiger partial charge in [0.05, 0.1) is 24.7 Å². The van der Waals surface area contributed by atoms with Gasteiger partial charge in [0.25, 0.3) is 5.56 Å². The van der Waals surface area contributed by atoms with Crippen LogP contribution in [0.5, 0.6) is 0 Å². The highest BCUT2D eigenvalue weighted by atomic mass is 32.1. The number of amides is 1.